The summed E-state index contributed by atoms with van der Waals surface area (Å²) in [6, 6.07) is 1.61. The molecule has 0 aliphatic heterocycles. The first kappa shape index (κ1) is 14.3. The molecule has 102 valence electrons. The Hall–Kier alpha value is -2.77. The molecule has 0 radical (unpaired) electrons. The van der Waals surface area contributed by atoms with Gasteiger partial charge in [0, 0.05) is 11.6 Å². The zero-order valence-electron chi connectivity index (χ0n) is 9.66. The molecule has 1 atom stereocenters. The zero-order chi connectivity index (χ0) is 14.6. The van der Waals surface area contributed by atoms with Crippen LogP contribution in [0.1, 0.15) is 16.8 Å². The lowest BCUT2D eigenvalue weighted by atomic mass is 10.1. The molecule has 0 aromatic heterocycles. The lowest BCUT2D eigenvalue weighted by Crippen LogP contribution is -2.43. The van der Waals surface area contributed by atoms with Gasteiger partial charge in [-0.05, 0) is 12.1 Å². The number of amides is 2. The third kappa shape index (κ3) is 4.19. The highest BCUT2D eigenvalue weighted by Gasteiger charge is 2.23. The molecule has 1 aromatic rings. The van der Waals surface area contributed by atoms with Crippen molar-refractivity contribution in [1.82, 2.24) is 5.32 Å². The van der Waals surface area contributed by atoms with Gasteiger partial charge in [-0.15, -0.1) is 0 Å². The van der Waals surface area contributed by atoms with E-state index in [1.165, 1.54) is 0 Å². The van der Waals surface area contributed by atoms with Crippen LogP contribution in [0.3, 0.4) is 0 Å². The van der Waals surface area contributed by atoms with Crippen LogP contribution in [0.2, 0.25) is 0 Å². The molecule has 0 saturated heterocycles. The summed E-state index contributed by atoms with van der Waals surface area (Å²) < 4.78 is 0. The lowest BCUT2D eigenvalue weighted by Gasteiger charge is -2.13. The summed E-state index contributed by atoms with van der Waals surface area (Å²) in [4.78, 5) is 33.2. The van der Waals surface area contributed by atoms with Gasteiger partial charge in [-0.1, -0.05) is 0 Å². The Kier molecular flexibility index (Phi) is 4.30. The zero-order valence-corrected chi connectivity index (χ0v) is 9.66. The number of benzene rings is 1. The molecule has 0 spiro atoms. The first-order chi connectivity index (χ1) is 8.79. The van der Waals surface area contributed by atoms with E-state index in [1.807, 2.05) is 0 Å². The Balaban J connectivity index is 2.87. The molecule has 0 fully saturated rings. The van der Waals surface area contributed by atoms with Gasteiger partial charge in [0.15, 0.2) is 0 Å². The van der Waals surface area contributed by atoms with Gasteiger partial charge < -0.3 is 26.4 Å². The number of nitrogens with two attached hydrogens (primary N) is 1. The molecule has 0 aliphatic carbocycles. The van der Waals surface area contributed by atoms with Gasteiger partial charge in [0.1, 0.15) is 17.5 Å². The number of carboxylic acids is 1. The number of carbonyl (C=O) groups is 3. The number of nitrogens with one attached hydrogen (secondary N) is 1. The topological polar surface area (TPSA) is 150 Å². The molecule has 6 N–H and O–H groups in total. The van der Waals surface area contributed by atoms with Crippen LogP contribution in [0.4, 0.5) is 0 Å². The Labute approximate surface area is 107 Å². The smallest absolute Gasteiger partial charge is 0.326 e. The summed E-state index contributed by atoms with van der Waals surface area (Å²) in [6.45, 7) is 0. The van der Waals surface area contributed by atoms with Gasteiger partial charge in [0.2, 0.25) is 5.91 Å². The highest BCUT2D eigenvalue weighted by molar-refractivity contribution is 5.98. The van der Waals surface area contributed by atoms with E-state index in [1.54, 1.807) is 0 Å². The lowest BCUT2D eigenvalue weighted by molar-refractivity contribution is -0.140. The first-order valence-corrected chi connectivity index (χ1v) is 5.14. The third-order valence-corrected chi connectivity index (χ3v) is 2.17. The van der Waals surface area contributed by atoms with Crippen molar-refractivity contribution in [3.8, 4) is 11.5 Å². The van der Waals surface area contributed by atoms with Crippen LogP contribution in [0.15, 0.2) is 18.2 Å². The van der Waals surface area contributed by atoms with Crippen molar-refractivity contribution >= 4 is 17.8 Å². The van der Waals surface area contributed by atoms with E-state index in [0.29, 0.717) is 0 Å². The average Bonchev–Trinajstić information content (AvgIpc) is 2.25. The molecule has 1 aromatic carbocycles. The van der Waals surface area contributed by atoms with Crippen LogP contribution in [-0.4, -0.2) is 39.1 Å². The Bertz CT molecular complexity index is 508. The quantitative estimate of drug-likeness (QED) is 0.469. The molecule has 1 rings (SSSR count). The van der Waals surface area contributed by atoms with Crippen molar-refractivity contribution in [2.24, 2.45) is 5.73 Å². The van der Waals surface area contributed by atoms with Gasteiger partial charge in [-0.25, -0.2) is 4.79 Å². The van der Waals surface area contributed by atoms with E-state index >= 15 is 0 Å². The number of aliphatic carboxylic acids is 1. The minimum Gasteiger partial charge on any atom is -0.508 e. The molecular weight excluding hydrogens is 256 g/mol. The minimum absolute atomic E-state index is 0.145. The van der Waals surface area contributed by atoms with Gasteiger partial charge >= 0.3 is 5.97 Å². The van der Waals surface area contributed by atoms with E-state index in [0.717, 1.165) is 18.2 Å². The predicted octanol–water partition coefficient (Wildman–Crippen LogP) is -0.844. The fourth-order valence-corrected chi connectivity index (χ4v) is 1.37. The highest BCUT2D eigenvalue weighted by atomic mass is 16.4. The van der Waals surface area contributed by atoms with Gasteiger partial charge in [-0.2, -0.15) is 0 Å². The fraction of sp³-hybridized carbons (Fsp3) is 0.182. The summed E-state index contributed by atoms with van der Waals surface area (Å²) in [6.07, 6.45) is -0.564. The van der Waals surface area contributed by atoms with Crippen molar-refractivity contribution in [2.75, 3.05) is 0 Å². The van der Waals surface area contributed by atoms with Crippen LogP contribution in [0.5, 0.6) is 11.5 Å². The van der Waals surface area contributed by atoms with E-state index in [-0.39, 0.29) is 17.1 Å². The molecule has 0 aliphatic rings. The molecule has 8 heteroatoms. The van der Waals surface area contributed by atoms with Crippen LogP contribution >= 0.6 is 0 Å². The van der Waals surface area contributed by atoms with E-state index in [9.17, 15) is 24.6 Å². The van der Waals surface area contributed by atoms with Crippen molar-refractivity contribution in [3.63, 3.8) is 0 Å². The molecule has 0 bridgehead atoms. The molecule has 8 nitrogen and oxygen atoms in total. The molecular formula is C11H12N2O6. The molecule has 19 heavy (non-hydrogen) atoms. The molecule has 0 heterocycles. The van der Waals surface area contributed by atoms with Crippen molar-refractivity contribution < 1.29 is 29.7 Å². The largest absolute Gasteiger partial charge is 0.508 e. The monoisotopic (exact) mass is 268 g/mol. The summed E-state index contributed by atoms with van der Waals surface area (Å²) in [5, 5.41) is 29.3. The second kappa shape index (κ2) is 5.71. The number of phenols is 2. The second-order valence-electron chi connectivity index (χ2n) is 3.77. The van der Waals surface area contributed by atoms with Crippen LogP contribution < -0.4 is 11.1 Å². The molecule has 1 unspecified atom stereocenters. The SMILES string of the molecule is NC(=O)CC(NC(=O)c1cc(O)cc(O)c1)C(=O)O. The fourth-order valence-electron chi connectivity index (χ4n) is 1.37. The van der Waals surface area contributed by atoms with Crippen molar-refractivity contribution in [2.45, 2.75) is 12.5 Å². The number of carbonyl (C=O) groups excluding carboxylic acids is 2. The average molecular weight is 268 g/mol. The normalized spacial score (nSPS) is 11.6. The summed E-state index contributed by atoms with van der Waals surface area (Å²) in [5.41, 5.74) is 4.72. The number of hydrogen-bond donors (Lipinski definition) is 5. The Morgan fingerprint density at radius 3 is 2.11 bits per heavy atom. The highest BCUT2D eigenvalue weighted by Crippen LogP contribution is 2.20. The van der Waals surface area contributed by atoms with Gasteiger partial charge in [-0.3, -0.25) is 9.59 Å². The predicted molar refractivity (Wildman–Crippen MR) is 62.5 cm³/mol. The summed E-state index contributed by atoms with van der Waals surface area (Å²) in [5.74, 6) is -3.87. The number of phenolic OH excluding ortho intramolecular Hbond substituents is 2. The Morgan fingerprint density at radius 1 is 1.16 bits per heavy atom. The van der Waals surface area contributed by atoms with E-state index in [4.69, 9.17) is 10.8 Å². The number of rotatable bonds is 5. The first-order valence-electron chi connectivity index (χ1n) is 5.14. The van der Waals surface area contributed by atoms with Crippen LogP contribution in [-0.2, 0) is 9.59 Å². The number of hydrogen-bond acceptors (Lipinski definition) is 5. The number of carboxylic acid groups (broad SMARTS) is 1. The third-order valence-electron chi connectivity index (χ3n) is 2.17. The van der Waals surface area contributed by atoms with Gasteiger partial charge in [0.25, 0.3) is 5.91 Å². The van der Waals surface area contributed by atoms with Crippen molar-refractivity contribution in [3.05, 3.63) is 23.8 Å². The van der Waals surface area contributed by atoms with Gasteiger partial charge in [0.05, 0.1) is 6.42 Å². The summed E-state index contributed by atoms with van der Waals surface area (Å²) in [7, 11) is 0. The van der Waals surface area contributed by atoms with E-state index in [2.05, 4.69) is 5.32 Å². The standard InChI is InChI=1S/C11H12N2O6/c12-9(16)4-8(11(18)19)13-10(17)5-1-6(14)3-7(15)2-5/h1-3,8,14-15H,4H2,(H2,12,16)(H,13,17)(H,18,19). The number of primary amides is 1. The minimum atomic E-state index is -1.48. The number of aromatic hydroxyl groups is 2. The maximum absolute atomic E-state index is 11.7. The molecule has 0 saturated carbocycles. The Morgan fingerprint density at radius 2 is 1.68 bits per heavy atom. The maximum Gasteiger partial charge on any atom is 0.326 e. The second-order valence-corrected chi connectivity index (χ2v) is 3.77. The van der Waals surface area contributed by atoms with E-state index < -0.39 is 30.2 Å². The van der Waals surface area contributed by atoms with Crippen LogP contribution in [0.25, 0.3) is 0 Å². The summed E-state index contributed by atoms with van der Waals surface area (Å²) >= 11 is 0. The van der Waals surface area contributed by atoms with Crippen LogP contribution in [0, 0.1) is 0 Å². The molecule has 2 amide bonds. The maximum atomic E-state index is 11.7. The van der Waals surface area contributed by atoms with Crippen molar-refractivity contribution in [1.29, 1.82) is 0 Å².